The normalized spacial score (nSPS) is 12.2. The molecule has 0 saturated heterocycles. The number of benzene rings is 1. The highest BCUT2D eigenvalue weighted by atomic mass is 19.4. The first-order valence-electron chi connectivity index (χ1n) is 5.72. The van der Waals surface area contributed by atoms with E-state index >= 15 is 0 Å². The summed E-state index contributed by atoms with van der Waals surface area (Å²) >= 11 is 0. The van der Waals surface area contributed by atoms with Crippen molar-refractivity contribution < 1.29 is 17.9 Å². The molecule has 0 fully saturated rings. The zero-order valence-electron chi connectivity index (χ0n) is 10.00. The second-order valence-electron chi connectivity index (χ2n) is 4.09. The van der Waals surface area contributed by atoms with Crippen molar-refractivity contribution in [3.8, 4) is 0 Å². The monoisotopic (exact) mass is 257 g/mol. The maximum atomic E-state index is 12.0. The van der Waals surface area contributed by atoms with E-state index in [1.807, 2.05) is 31.2 Å². The summed E-state index contributed by atoms with van der Waals surface area (Å²) in [5, 5.41) is 1.02. The van der Waals surface area contributed by atoms with Gasteiger partial charge in [0.15, 0.2) is 0 Å². The maximum Gasteiger partial charge on any atom is 0.411 e. The Kier molecular flexibility index (Phi) is 3.61. The van der Waals surface area contributed by atoms with Crippen molar-refractivity contribution in [2.75, 3.05) is 6.61 Å². The van der Waals surface area contributed by atoms with Gasteiger partial charge in [0, 0.05) is 6.20 Å². The van der Waals surface area contributed by atoms with Crippen LogP contribution in [0.15, 0.2) is 30.5 Å². The second-order valence-corrected chi connectivity index (χ2v) is 4.09. The lowest BCUT2D eigenvalue weighted by Crippen LogP contribution is -2.18. The summed E-state index contributed by atoms with van der Waals surface area (Å²) in [5.74, 6) is 0. The predicted molar refractivity (Wildman–Crippen MR) is 63.3 cm³/mol. The molecule has 1 aromatic carbocycles. The van der Waals surface area contributed by atoms with E-state index < -0.39 is 12.8 Å². The van der Waals surface area contributed by atoms with Crippen LogP contribution in [0.5, 0.6) is 0 Å². The molecule has 0 radical (unpaired) electrons. The Morgan fingerprint density at radius 1 is 1.22 bits per heavy atom. The quantitative estimate of drug-likeness (QED) is 0.813. The third-order valence-electron chi connectivity index (χ3n) is 2.75. The number of aromatic nitrogens is 1. The molecule has 2 rings (SSSR count). The van der Waals surface area contributed by atoms with Gasteiger partial charge in [-0.1, -0.05) is 25.1 Å². The molecule has 1 heterocycles. The predicted octanol–water partition coefficient (Wildman–Crippen LogP) is 3.74. The van der Waals surface area contributed by atoms with E-state index in [9.17, 15) is 13.2 Å². The number of hydrogen-bond donors (Lipinski definition) is 0. The van der Waals surface area contributed by atoms with Gasteiger partial charge in [0.25, 0.3) is 0 Å². The van der Waals surface area contributed by atoms with Crippen molar-refractivity contribution in [3.05, 3.63) is 36.0 Å². The summed E-state index contributed by atoms with van der Waals surface area (Å²) in [7, 11) is 0. The zero-order valence-corrected chi connectivity index (χ0v) is 10.00. The van der Waals surface area contributed by atoms with Crippen LogP contribution < -0.4 is 0 Å². The van der Waals surface area contributed by atoms with E-state index in [2.05, 4.69) is 4.74 Å². The molecule has 1 aromatic heterocycles. The minimum Gasteiger partial charge on any atom is -0.351 e. The second kappa shape index (κ2) is 5.02. The van der Waals surface area contributed by atoms with Crippen LogP contribution in [0.4, 0.5) is 13.2 Å². The fraction of sp³-hybridized carbons (Fsp3) is 0.385. The summed E-state index contributed by atoms with van der Waals surface area (Å²) < 4.78 is 42.4. The number of rotatable bonds is 4. The van der Waals surface area contributed by atoms with Crippen LogP contribution >= 0.6 is 0 Å². The van der Waals surface area contributed by atoms with Gasteiger partial charge in [-0.25, -0.2) is 0 Å². The summed E-state index contributed by atoms with van der Waals surface area (Å²) in [6.45, 7) is 0.712. The first kappa shape index (κ1) is 13.0. The molecular formula is C13H14F3NO. The third-order valence-corrected chi connectivity index (χ3v) is 2.75. The van der Waals surface area contributed by atoms with E-state index in [-0.39, 0.29) is 6.73 Å². The minimum atomic E-state index is -4.28. The van der Waals surface area contributed by atoms with Gasteiger partial charge in [0.1, 0.15) is 13.3 Å². The van der Waals surface area contributed by atoms with Gasteiger partial charge < -0.3 is 9.30 Å². The van der Waals surface area contributed by atoms with Gasteiger partial charge in [-0.15, -0.1) is 0 Å². The Labute approximate surface area is 103 Å². The molecular weight excluding hydrogens is 243 g/mol. The molecule has 0 bridgehead atoms. The van der Waals surface area contributed by atoms with Crippen LogP contribution in [0.1, 0.15) is 12.5 Å². The largest absolute Gasteiger partial charge is 0.411 e. The van der Waals surface area contributed by atoms with Crippen LogP contribution in [0.25, 0.3) is 10.9 Å². The lowest BCUT2D eigenvalue weighted by Gasteiger charge is -2.11. The Hall–Kier alpha value is -1.49. The van der Waals surface area contributed by atoms with Crippen molar-refractivity contribution in [2.24, 2.45) is 0 Å². The molecule has 0 amide bonds. The third kappa shape index (κ3) is 2.85. The Morgan fingerprint density at radius 2 is 2.00 bits per heavy atom. The van der Waals surface area contributed by atoms with Gasteiger partial charge in [0.2, 0.25) is 0 Å². The van der Waals surface area contributed by atoms with Crippen LogP contribution in [-0.4, -0.2) is 17.4 Å². The van der Waals surface area contributed by atoms with Crippen molar-refractivity contribution in [2.45, 2.75) is 26.3 Å². The molecule has 0 unspecified atom stereocenters. The van der Waals surface area contributed by atoms with Crippen molar-refractivity contribution in [3.63, 3.8) is 0 Å². The number of alkyl halides is 3. The Morgan fingerprint density at radius 3 is 2.67 bits per heavy atom. The van der Waals surface area contributed by atoms with Crippen molar-refractivity contribution >= 4 is 10.9 Å². The maximum absolute atomic E-state index is 12.0. The van der Waals surface area contributed by atoms with E-state index in [4.69, 9.17) is 0 Å². The lowest BCUT2D eigenvalue weighted by atomic mass is 10.1. The Bertz CT molecular complexity index is 531. The molecule has 0 spiro atoms. The van der Waals surface area contributed by atoms with Gasteiger partial charge in [-0.05, 0) is 23.4 Å². The standard InChI is InChI=1S/C13H14F3NO/c1-2-10-4-3-5-11-6-7-17(12(10)11)9-18-8-13(14,15)16/h3-7H,2,8-9H2,1H3. The van der Waals surface area contributed by atoms with E-state index in [1.165, 1.54) is 0 Å². The highest BCUT2D eigenvalue weighted by Gasteiger charge is 2.27. The van der Waals surface area contributed by atoms with E-state index in [1.54, 1.807) is 10.8 Å². The SMILES string of the molecule is CCc1cccc2ccn(COCC(F)(F)F)c12. The molecule has 0 saturated carbocycles. The molecule has 0 aliphatic rings. The van der Waals surface area contributed by atoms with E-state index in [0.717, 1.165) is 22.9 Å². The molecule has 2 aromatic rings. The molecule has 0 atom stereocenters. The summed E-state index contributed by atoms with van der Waals surface area (Å²) in [5.41, 5.74) is 2.05. The molecule has 0 aliphatic heterocycles. The number of ether oxygens (including phenoxy) is 1. The van der Waals surface area contributed by atoms with Crippen LogP contribution in [0.3, 0.4) is 0 Å². The fourth-order valence-corrected chi connectivity index (χ4v) is 1.99. The van der Waals surface area contributed by atoms with Crippen molar-refractivity contribution in [1.82, 2.24) is 4.57 Å². The summed E-state index contributed by atoms with van der Waals surface area (Å²) in [6.07, 6.45) is -1.70. The van der Waals surface area contributed by atoms with Gasteiger partial charge in [0.05, 0.1) is 5.52 Å². The average molecular weight is 257 g/mol. The van der Waals surface area contributed by atoms with Gasteiger partial charge in [-0.3, -0.25) is 0 Å². The molecule has 2 nitrogen and oxygen atoms in total. The van der Waals surface area contributed by atoms with Crippen LogP contribution in [0.2, 0.25) is 0 Å². The first-order chi connectivity index (χ1) is 8.51. The highest BCUT2D eigenvalue weighted by molar-refractivity contribution is 5.83. The molecule has 98 valence electrons. The van der Waals surface area contributed by atoms with Crippen LogP contribution in [0, 0.1) is 0 Å². The molecule has 0 aliphatic carbocycles. The number of para-hydroxylation sites is 1. The lowest BCUT2D eigenvalue weighted by molar-refractivity contribution is -0.181. The highest BCUT2D eigenvalue weighted by Crippen LogP contribution is 2.21. The molecule has 18 heavy (non-hydrogen) atoms. The fourth-order valence-electron chi connectivity index (χ4n) is 1.99. The average Bonchev–Trinajstić information content (AvgIpc) is 2.71. The van der Waals surface area contributed by atoms with Gasteiger partial charge >= 0.3 is 6.18 Å². The number of hydrogen-bond acceptors (Lipinski definition) is 1. The number of aryl methyl sites for hydroxylation is 1. The Balaban J connectivity index is 2.18. The summed E-state index contributed by atoms with van der Waals surface area (Å²) in [4.78, 5) is 0. The van der Waals surface area contributed by atoms with Crippen LogP contribution in [-0.2, 0) is 17.9 Å². The minimum absolute atomic E-state index is 0.0833. The number of halogens is 3. The van der Waals surface area contributed by atoms with Crippen molar-refractivity contribution in [1.29, 1.82) is 0 Å². The molecule has 5 heteroatoms. The zero-order chi connectivity index (χ0) is 13.2. The number of nitrogens with zero attached hydrogens (tertiary/aromatic N) is 1. The smallest absolute Gasteiger partial charge is 0.351 e. The topological polar surface area (TPSA) is 14.2 Å². The first-order valence-corrected chi connectivity index (χ1v) is 5.72. The van der Waals surface area contributed by atoms with Gasteiger partial charge in [-0.2, -0.15) is 13.2 Å². The molecule has 0 N–H and O–H groups in total. The number of fused-ring (bicyclic) bond motifs is 1. The van der Waals surface area contributed by atoms with E-state index in [0.29, 0.717) is 0 Å². The summed E-state index contributed by atoms with van der Waals surface area (Å²) in [6, 6.07) is 7.74.